The summed E-state index contributed by atoms with van der Waals surface area (Å²) in [6.45, 7) is 2.13. The van der Waals surface area contributed by atoms with Crippen LogP contribution >= 0.6 is 22.7 Å². The van der Waals surface area contributed by atoms with Crippen molar-refractivity contribution in [2.45, 2.75) is 19.6 Å². The molecule has 0 unspecified atom stereocenters. The third-order valence-electron chi connectivity index (χ3n) is 2.45. The molecule has 0 spiro atoms. The minimum absolute atomic E-state index is 0.194. The van der Waals surface area contributed by atoms with Gasteiger partial charge in [-0.1, -0.05) is 11.3 Å². The molecular weight excluding hydrogens is 327 g/mol. The molecule has 0 aliphatic carbocycles. The van der Waals surface area contributed by atoms with E-state index in [1.165, 1.54) is 23.3 Å². The van der Waals surface area contributed by atoms with Gasteiger partial charge < -0.3 is 4.90 Å². The topological polar surface area (TPSA) is 71.0 Å². The number of nitrogens with zero attached hydrogens (tertiary/aromatic N) is 4. The summed E-state index contributed by atoms with van der Waals surface area (Å²) in [5.41, 5.74) is 2.48. The first kappa shape index (κ1) is 15.6. The molecule has 0 bridgehead atoms. The molecule has 0 saturated carbocycles. The number of carbonyl (C=O) groups is 1. The highest BCUT2D eigenvalue weighted by atomic mass is 32.1. The Labute approximate surface area is 125 Å². The number of anilines is 1. The monoisotopic (exact) mass is 337 g/mol. The summed E-state index contributed by atoms with van der Waals surface area (Å²) in [6, 6.07) is -0.562. The number of hydrogen-bond acceptors (Lipinski definition) is 6. The van der Waals surface area contributed by atoms with Gasteiger partial charge in [0.15, 0.2) is 0 Å². The maximum atomic E-state index is 12.4. The van der Waals surface area contributed by atoms with Crippen molar-refractivity contribution < 1.29 is 18.0 Å². The average molecular weight is 337 g/mol. The zero-order valence-corrected chi connectivity index (χ0v) is 12.6. The van der Waals surface area contributed by atoms with Crippen LogP contribution in [0.5, 0.6) is 0 Å². The molecule has 0 fully saturated rings. The Morgan fingerprint density at radius 3 is 2.67 bits per heavy atom. The van der Waals surface area contributed by atoms with Crippen molar-refractivity contribution in [1.29, 1.82) is 0 Å². The summed E-state index contributed by atoms with van der Waals surface area (Å²) in [4.78, 5) is 18.2. The third-order valence-corrected chi connectivity index (χ3v) is 4.26. The zero-order valence-electron chi connectivity index (χ0n) is 10.9. The molecule has 2 amide bonds. The summed E-state index contributed by atoms with van der Waals surface area (Å²) < 4.78 is 37.1. The highest BCUT2D eigenvalue weighted by Crippen LogP contribution is 2.33. The minimum Gasteiger partial charge on any atom is -0.322 e. The molecule has 0 saturated heterocycles. The summed E-state index contributed by atoms with van der Waals surface area (Å²) in [6.07, 6.45) is -4.56. The van der Waals surface area contributed by atoms with E-state index >= 15 is 0 Å². The highest BCUT2D eigenvalue weighted by Gasteiger charge is 2.35. The lowest BCUT2D eigenvalue weighted by Gasteiger charge is -2.16. The fourth-order valence-corrected chi connectivity index (χ4v) is 2.77. The number of rotatable bonds is 3. The van der Waals surface area contributed by atoms with Crippen molar-refractivity contribution in [3.8, 4) is 0 Å². The first-order chi connectivity index (χ1) is 9.77. The molecule has 0 atom stereocenters. The van der Waals surface area contributed by atoms with Gasteiger partial charge in [0.2, 0.25) is 10.1 Å². The number of aryl methyl sites for hydroxylation is 1. The zero-order chi connectivity index (χ0) is 15.6. The largest absolute Gasteiger partial charge is 0.445 e. The van der Waals surface area contributed by atoms with Crippen molar-refractivity contribution in [3.63, 3.8) is 0 Å². The number of alkyl halides is 3. The summed E-state index contributed by atoms with van der Waals surface area (Å²) in [5.74, 6) is 0. The van der Waals surface area contributed by atoms with Gasteiger partial charge in [0, 0.05) is 11.9 Å². The number of aromatic nitrogens is 3. The van der Waals surface area contributed by atoms with Crippen molar-refractivity contribution >= 4 is 33.8 Å². The van der Waals surface area contributed by atoms with Gasteiger partial charge in [-0.25, -0.2) is 9.78 Å². The Morgan fingerprint density at radius 2 is 2.14 bits per heavy atom. The number of amides is 2. The number of halogens is 3. The van der Waals surface area contributed by atoms with Crippen LogP contribution in [0.2, 0.25) is 0 Å². The van der Waals surface area contributed by atoms with Crippen LogP contribution in [0.1, 0.15) is 15.6 Å². The molecule has 21 heavy (non-hydrogen) atoms. The molecule has 0 aliphatic rings. The predicted molar refractivity (Wildman–Crippen MR) is 72.2 cm³/mol. The van der Waals surface area contributed by atoms with Crippen molar-refractivity contribution in [2.24, 2.45) is 0 Å². The van der Waals surface area contributed by atoms with E-state index in [0.717, 1.165) is 10.6 Å². The van der Waals surface area contributed by atoms with Gasteiger partial charge in [-0.2, -0.15) is 13.2 Å². The molecule has 11 heteroatoms. The van der Waals surface area contributed by atoms with Gasteiger partial charge in [0.25, 0.3) is 0 Å². The lowest BCUT2D eigenvalue weighted by molar-refractivity contribution is -0.138. The van der Waals surface area contributed by atoms with Gasteiger partial charge in [0.05, 0.1) is 17.7 Å². The normalized spacial score (nSPS) is 11.5. The second-order valence-corrected chi connectivity index (χ2v) is 5.97. The lowest BCUT2D eigenvalue weighted by Crippen LogP contribution is -2.30. The smallest absolute Gasteiger partial charge is 0.322 e. The van der Waals surface area contributed by atoms with Crippen LogP contribution in [0, 0.1) is 6.92 Å². The predicted octanol–water partition coefficient (Wildman–Crippen LogP) is 2.99. The minimum atomic E-state index is -4.56. The molecule has 2 aromatic heterocycles. The summed E-state index contributed by atoms with van der Waals surface area (Å²) in [5, 5.41) is 7.28. The van der Waals surface area contributed by atoms with Crippen LogP contribution < -0.4 is 5.32 Å². The number of nitrogens with one attached hydrogen (secondary N) is 1. The number of hydrogen-bond donors (Lipinski definition) is 1. The van der Waals surface area contributed by atoms with Gasteiger partial charge in [-0.05, 0) is 6.92 Å². The molecule has 1 N–H and O–H groups in total. The van der Waals surface area contributed by atoms with Crippen LogP contribution in [0.3, 0.4) is 0 Å². The van der Waals surface area contributed by atoms with Gasteiger partial charge >= 0.3 is 12.2 Å². The number of carbonyl (C=O) groups excluding carboxylic acids is 1. The Kier molecular flexibility index (Phi) is 4.42. The number of thiazole rings is 1. The van der Waals surface area contributed by atoms with E-state index in [0.29, 0.717) is 6.54 Å². The Morgan fingerprint density at radius 1 is 1.43 bits per heavy atom. The molecule has 2 rings (SSSR count). The second kappa shape index (κ2) is 5.93. The molecule has 0 aromatic carbocycles. The lowest BCUT2D eigenvalue weighted by atomic mass is 10.4. The van der Waals surface area contributed by atoms with Crippen molar-refractivity contribution in [3.05, 3.63) is 21.1 Å². The second-order valence-electron chi connectivity index (χ2n) is 4.06. The molecule has 2 heterocycles. The molecule has 2 aromatic rings. The standard InChI is InChI=1S/C10H10F3N5OS2/c1-5-6(20-4-14-5)3-18(2)9(19)15-8-17-16-7(21-8)10(11,12)13/h4H,3H2,1-2H3,(H,15,17,19). The maximum absolute atomic E-state index is 12.4. The molecule has 0 radical (unpaired) electrons. The van der Waals surface area contributed by atoms with Gasteiger partial charge in [-0.15, -0.1) is 21.5 Å². The quantitative estimate of drug-likeness (QED) is 0.935. The molecule has 6 nitrogen and oxygen atoms in total. The van der Waals surface area contributed by atoms with Crippen LogP contribution in [0.15, 0.2) is 5.51 Å². The van der Waals surface area contributed by atoms with E-state index < -0.39 is 17.2 Å². The Bertz CT molecular complexity index is 639. The number of urea groups is 1. The van der Waals surface area contributed by atoms with E-state index in [1.54, 1.807) is 5.51 Å². The Hall–Kier alpha value is -1.75. The molecular formula is C10H10F3N5OS2. The fraction of sp³-hybridized carbons (Fsp3) is 0.400. The Balaban J connectivity index is 1.98. The first-order valence-electron chi connectivity index (χ1n) is 5.59. The average Bonchev–Trinajstić information content (AvgIpc) is 2.99. The molecule has 114 valence electrons. The van der Waals surface area contributed by atoms with E-state index in [1.807, 2.05) is 6.92 Å². The van der Waals surface area contributed by atoms with Crippen LogP contribution in [-0.2, 0) is 12.7 Å². The summed E-state index contributed by atoms with van der Waals surface area (Å²) >= 11 is 1.68. The molecule has 0 aliphatic heterocycles. The van der Waals surface area contributed by atoms with Crippen molar-refractivity contribution in [1.82, 2.24) is 20.1 Å². The fourth-order valence-electron chi connectivity index (χ4n) is 1.34. The van der Waals surface area contributed by atoms with E-state index in [9.17, 15) is 18.0 Å². The van der Waals surface area contributed by atoms with Crippen molar-refractivity contribution in [2.75, 3.05) is 12.4 Å². The SMILES string of the molecule is Cc1ncsc1CN(C)C(=O)Nc1nnc(C(F)(F)F)s1. The summed E-state index contributed by atoms with van der Waals surface area (Å²) in [7, 11) is 1.53. The maximum Gasteiger partial charge on any atom is 0.445 e. The van der Waals surface area contributed by atoms with Gasteiger partial charge in [0.1, 0.15) is 0 Å². The van der Waals surface area contributed by atoms with Crippen LogP contribution in [0.25, 0.3) is 0 Å². The van der Waals surface area contributed by atoms with Crippen LogP contribution in [-0.4, -0.2) is 33.2 Å². The van der Waals surface area contributed by atoms with E-state index in [4.69, 9.17) is 0 Å². The third kappa shape index (κ3) is 3.88. The van der Waals surface area contributed by atoms with Gasteiger partial charge in [-0.3, -0.25) is 5.32 Å². The van der Waals surface area contributed by atoms with E-state index in [2.05, 4.69) is 20.5 Å². The van der Waals surface area contributed by atoms with Crippen LogP contribution in [0.4, 0.5) is 23.1 Å². The van der Waals surface area contributed by atoms with E-state index in [-0.39, 0.29) is 16.5 Å². The highest BCUT2D eigenvalue weighted by molar-refractivity contribution is 7.15. The first-order valence-corrected chi connectivity index (χ1v) is 7.28.